The number of ether oxygens (including phenoxy) is 2. The Morgan fingerprint density at radius 3 is 2.50 bits per heavy atom. The number of methoxy groups -OCH3 is 2. The molecule has 0 fully saturated rings. The smallest absolute Gasteiger partial charge is 0.331 e. The largest absolute Gasteiger partial charge is 0.496 e. The molecule has 2 aliphatic carbocycles. The minimum Gasteiger partial charge on any atom is -0.496 e. The molecule has 0 aromatic heterocycles. The molecule has 0 amide bonds. The molecule has 0 unspecified atom stereocenters. The van der Waals surface area contributed by atoms with Gasteiger partial charge in [-0.1, -0.05) is 26.3 Å². The van der Waals surface area contributed by atoms with E-state index in [9.17, 15) is 9.90 Å². The molecule has 3 rings (SSSR count). The minimum atomic E-state index is -0.768. The van der Waals surface area contributed by atoms with Crippen molar-refractivity contribution in [3.63, 3.8) is 0 Å². The minimum absolute atomic E-state index is 0.120. The Morgan fingerprint density at radius 1 is 1.27 bits per heavy atom. The summed E-state index contributed by atoms with van der Waals surface area (Å²) in [6.07, 6.45) is 3.27. The monoisotopic (exact) mass is 358 g/mol. The van der Waals surface area contributed by atoms with Gasteiger partial charge in [0.1, 0.15) is 11.5 Å². The lowest BCUT2D eigenvalue weighted by atomic mass is 9.56. The molecule has 0 spiro atoms. The third-order valence-corrected chi connectivity index (χ3v) is 6.59. The van der Waals surface area contributed by atoms with E-state index in [1.54, 1.807) is 14.2 Å². The van der Waals surface area contributed by atoms with Crippen LogP contribution in [0.1, 0.15) is 69.6 Å². The highest BCUT2D eigenvalue weighted by Gasteiger charge is 2.47. The van der Waals surface area contributed by atoms with Crippen molar-refractivity contribution in [3.8, 4) is 11.5 Å². The van der Waals surface area contributed by atoms with Crippen LogP contribution in [0.3, 0.4) is 0 Å². The van der Waals surface area contributed by atoms with E-state index in [-0.39, 0.29) is 11.3 Å². The second-order valence-electron chi connectivity index (χ2n) is 8.19. The Kier molecular flexibility index (Phi) is 4.80. The normalized spacial score (nSPS) is 25.0. The summed E-state index contributed by atoms with van der Waals surface area (Å²) in [6, 6.07) is 2.13. The van der Waals surface area contributed by atoms with E-state index in [0.717, 1.165) is 36.3 Å². The van der Waals surface area contributed by atoms with Crippen LogP contribution in [0, 0.1) is 5.92 Å². The van der Waals surface area contributed by atoms with E-state index in [2.05, 4.69) is 26.8 Å². The van der Waals surface area contributed by atoms with Gasteiger partial charge in [-0.25, -0.2) is 4.79 Å². The van der Waals surface area contributed by atoms with E-state index < -0.39 is 5.97 Å². The van der Waals surface area contributed by atoms with Crippen LogP contribution < -0.4 is 9.47 Å². The van der Waals surface area contributed by atoms with E-state index in [1.165, 1.54) is 16.7 Å². The van der Waals surface area contributed by atoms with E-state index in [1.807, 2.05) is 6.92 Å². The Labute approximate surface area is 156 Å². The number of fused-ring (bicyclic) bond motifs is 3. The average molecular weight is 358 g/mol. The molecule has 0 aliphatic heterocycles. The lowest BCUT2D eigenvalue weighted by Gasteiger charge is -2.48. The summed E-state index contributed by atoms with van der Waals surface area (Å²) >= 11 is 0. The Balaban J connectivity index is 2.25. The summed E-state index contributed by atoms with van der Waals surface area (Å²) in [5.41, 5.74) is 5.17. The van der Waals surface area contributed by atoms with Crippen molar-refractivity contribution in [1.29, 1.82) is 0 Å². The zero-order valence-corrected chi connectivity index (χ0v) is 16.7. The Hall–Kier alpha value is -1.97. The molecule has 2 atom stereocenters. The van der Waals surface area contributed by atoms with Gasteiger partial charge < -0.3 is 14.6 Å². The topological polar surface area (TPSA) is 55.8 Å². The van der Waals surface area contributed by atoms with Crippen LogP contribution in [0.15, 0.2) is 17.2 Å². The maximum Gasteiger partial charge on any atom is 0.331 e. The van der Waals surface area contributed by atoms with Gasteiger partial charge in [-0.05, 0) is 50.5 Å². The third-order valence-electron chi connectivity index (χ3n) is 6.59. The second kappa shape index (κ2) is 6.64. The van der Waals surface area contributed by atoms with Crippen LogP contribution in [0.25, 0.3) is 0 Å². The number of carboxylic acid groups (broad SMARTS) is 1. The maximum absolute atomic E-state index is 11.6. The second-order valence-corrected chi connectivity index (χ2v) is 8.19. The zero-order chi connectivity index (χ0) is 19.2. The highest BCUT2D eigenvalue weighted by molar-refractivity contribution is 5.88. The fourth-order valence-electron chi connectivity index (χ4n) is 5.25. The van der Waals surface area contributed by atoms with Crippen molar-refractivity contribution in [3.05, 3.63) is 33.9 Å². The first kappa shape index (κ1) is 18.8. The van der Waals surface area contributed by atoms with Gasteiger partial charge in [-0.3, -0.25) is 0 Å². The van der Waals surface area contributed by atoms with Gasteiger partial charge in [-0.15, -0.1) is 0 Å². The highest BCUT2D eigenvalue weighted by atomic mass is 16.5. The molecule has 4 heteroatoms. The molecule has 1 N–H and O–H groups in total. The summed E-state index contributed by atoms with van der Waals surface area (Å²) in [4.78, 5) is 11.6. The fourth-order valence-corrected chi connectivity index (χ4v) is 5.25. The number of carbonyl (C=O) groups is 1. The number of benzene rings is 1. The third kappa shape index (κ3) is 2.62. The number of allylic oxidation sites excluding steroid dienone is 1. The van der Waals surface area contributed by atoms with Gasteiger partial charge in [0, 0.05) is 27.7 Å². The number of carboxylic acids is 1. The summed E-state index contributed by atoms with van der Waals surface area (Å²) in [5.74, 6) is 1.72. The maximum atomic E-state index is 11.6. The molecule has 2 aliphatic rings. The predicted molar refractivity (Wildman–Crippen MR) is 102 cm³/mol. The van der Waals surface area contributed by atoms with Gasteiger partial charge >= 0.3 is 5.97 Å². The van der Waals surface area contributed by atoms with Crippen LogP contribution in [0.4, 0.5) is 0 Å². The lowest BCUT2D eigenvalue weighted by Crippen LogP contribution is -2.41. The van der Waals surface area contributed by atoms with Crippen molar-refractivity contribution < 1.29 is 19.4 Å². The van der Waals surface area contributed by atoms with Crippen LogP contribution in [-0.4, -0.2) is 25.3 Å². The van der Waals surface area contributed by atoms with Crippen LogP contribution in [-0.2, 0) is 16.6 Å². The number of hydrogen-bond donors (Lipinski definition) is 1. The molecule has 4 nitrogen and oxygen atoms in total. The Bertz CT molecular complexity index is 775. The summed E-state index contributed by atoms with van der Waals surface area (Å²) in [6.45, 7) is 8.62. The van der Waals surface area contributed by atoms with Crippen molar-refractivity contribution in [2.24, 2.45) is 5.92 Å². The summed E-state index contributed by atoms with van der Waals surface area (Å²) in [5, 5.41) is 9.56. The van der Waals surface area contributed by atoms with Crippen molar-refractivity contribution in [2.75, 3.05) is 14.2 Å². The molecule has 1 aromatic rings. The van der Waals surface area contributed by atoms with Crippen molar-refractivity contribution >= 4 is 5.97 Å². The molecule has 1 aromatic carbocycles. The highest BCUT2D eigenvalue weighted by Crippen LogP contribution is 2.57. The summed E-state index contributed by atoms with van der Waals surface area (Å²) < 4.78 is 11.7. The molecular weight excluding hydrogens is 328 g/mol. The SMILES string of the molecule is COc1cc(C(C)C)c(OC)c2c1[C@@]1(C)CCC(C(=O)O)=C(C)[C@@H]1CC2. The predicted octanol–water partition coefficient (Wildman–Crippen LogP) is 4.84. The first-order valence-corrected chi connectivity index (χ1v) is 9.47. The van der Waals surface area contributed by atoms with Crippen molar-refractivity contribution in [1.82, 2.24) is 0 Å². The number of aliphatic carboxylic acids is 1. The number of hydrogen-bond acceptors (Lipinski definition) is 3. The molecule has 0 saturated heterocycles. The zero-order valence-electron chi connectivity index (χ0n) is 16.7. The molecule has 0 heterocycles. The quantitative estimate of drug-likeness (QED) is 0.836. The summed E-state index contributed by atoms with van der Waals surface area (Å²) in [7, 11) is 3.48. The fraction of sp³-hybridized carbons (Fsp3) is 0.591. The van der Waals surface area contributed by atoms with Gasteiger partial charge in [0.25, 0.3) is 0 Å². The van der Waals surface area contributed by atoms with E-state index in [4.69, 9.17) is 9.47 Å². The van der Waals surface area contributed by atoms with Gasteiger partial charge in [0.15, 0.2) is 0 Å². The first-order chi connectivity index (χ1) is 12.3. The first-order valence-electron chi connectivity index (χ1n) is 9.47. The number of rotatable bonds is 4. The van der Waals surface area contributed by atoms with Crippen molar-refractivity contribution in [2.45, 2.75) is 64.7 Å². The molecule has 0 radical (unpaired) electrons. The standard InChI is InChI=1S/C22H30O4/c1-12(2)16-11-18(25-5)19-15(20(16)26-6)7-8-17-13(3)14(21(23)24)9-10-22(17,19)4/h11-12,17H,7-10H2,1-6H3,(H,23,24)/t17-,22-/m0/s1. The average Bonchev–Trinajstić information content (AvgIpc) is 2.59. The van der Waals surface area contributed by atoms with E-state index >= 15 is 0 Å². The van der Waals surface area contributed by atoms with Crippen LogP contribution in [0.2, 0.25) is 0 Å². The van der Waals surface area contributed by atoms with Gasteiger partial charge in [-0.2, -0.15) is 0 Å². The van der Waals surface area contributed by atoms with Gasteiger partial charge in [0.05, 0.1) is 14.2 Å². The van der Waals surface area contributed by atoms with Crippen LogP contribution in [0.5, 0.6) is 11.5 Å². The molecule has 142 valence electrons. The molecule has 26 heavy (non-hydrogen) atoms. The van der Waals surface area contributed by atoms with Gasteiger partial charge in [0.2, 0.25) is 0 Å². The molecule has 0 bridgehead atoms. The molecular formula is C22H30O4. The lowest BCUT2D eigenvalue weighted by molar-refractivity contribution is -0.133. The van der Waals surface area contributed by atoms with Crippen LogP contribution >= 0.6 is 0 Å². The van der Waals surface area contributed by atoms with E-state index in [0.29, 0.717) is 17.9 Å². The Morgan fingerprint density at radius 2 is 1.96 bits per heavy atom. The molecule has 0 saturated carbocycles.